The van der Waals surface area contributed by atoms with Gasteiger partial charge in [0, 0.05) is 34.3 Å². The highest BCUT2D eigenvalue weighted by atomic mass is 19.1. The van der Waals surface area contributed by atoms with Crippen LogP contribution in [0.1, 0.15) is 17.7 Å². The number of H-pyrrole nitrogens is 1. The maximum absolute atomic E-state index is 13.7. The fraction of sp³-hybridized carbons (Fsp3) is 0.286. The number of rotatable bonds is 2. The number of fused-ring (bicyclic) bond motifs is 4. The molecule has 5 rings (SSSR count). The lowest BCUT2D eigenvalue weighted by atomic mass is 9.85. The van der Waals surface area contributed by atoms with Gasteiger partial charge in [0.05, 0.1) is 0 Å². The average molecular weight is 366 g/mol. The fourth-order valence-electron chi connectivity index (χ4n) is 3.98. The number of ether oxygens (including phenoxy) is 2. The Morgan fingerprint density at radius 3 is 2.85 bits per heavy atom. The molecule has 0 saturated heterocycles. The van der Waals surface area contributed by atoms with E-state index in [0.29, 0.717) is 36.8 Å². The summed E-state index contributed by atoms with van der Waals surface area (Å²) in [5.74, 6) is 0.919. The van der Waals surface area contributed by atoms with Gasteiger partial charge in [0.2, 0.25) is 5.91 Å². The molecular formula is C21H19FN2O3. The van der Waals surface area contributed by atoms with Crippen molar-refractivity contribution in [2.75, 3.05) is 18.5 Å². The Balaban J connectivity index is 1.36. The van der Waals surface area contributed by atoms with Crippen LogP contribution in [0.4, 0.5) is 10.1 Å². The van der Waals surface area contributed by atoms with Crippen molar-refractivity contribution in [2.24, 2.45) is 5.92 Å². The molecule has 1 aliphatic carbocycles. The number of carbonyl (C=O) groups is 1. The molecule has 1 unspecified atom stereocenters. The summed E-state index contributed by atoms with van der Waals surface area (Å²) >= 11 is 0. The maximum atomic E-state index is 13.7. The van der Waals surface area contributed by atoms with Crippen molar-refractivity contribution >= 4 is 22.5 Å². The fourth-order valence-corrected chi connectivity index (χ4v) is 3.98. The van der Waals surface area contributed by atoms with Gasteiger partial charge in [-0.2, -0.15) is 0 Å². The number of aromatic amines is 1. The van der Waals surface area contributed by atoms with E-state index in [9.17, 15) is 9.18 Å². The summed E-state index contributed by atoms with van der Waals surface area (Å²) in [4.78, 5) is 16.2. The number of hydrogen-bond donors (Lipinski definition) is 2. The molecule has 6 heteroatoms. The Bertz CT molecular complexity index is 1040. The minimum atomic E-state index is -0.257. The van der Waals surface area contributed by atoms with E-state index in [2.05, 4.69) is 10.3 Å². The molecule has 2 heterocycles. The SMILES string of the molecule is O=C(Nc1ccc2c(c1)OCCO2)C1CCc2[nH]c3ccc(F)cc3c2C1. The highest BCUT2D eigenvalue weighted by molar-refractivity contribution is 5.94. The Morgan fingerprint density at radius 2 is 1.96 bits per heavy atom. The summed E-state index contributed by atoms with van der Waals surface area (Å²) in [6, 6.07) is 10.2. The topological polar surface area (TPSA) is 63.4 Å². The Kier molecular flexibility index (Phi) is 3.77. The van der Waals surface area contributed by atoms with Crippen molar-refractivity contribution < 1.29 is 18.7 Å². The normalized spacial score (nSPS) is 18.2. The van der Waals surface area contributed by atoms with E-state index in [0.717, 1.165) is 35.0 Å². The van der Waals surface area contributed by atoms with Crippen LogP contribution in [0, 0.1) is 11.7 Å². The average Bonchev–Trinajstić information content (AvgIpc) is 3.05. The summed E-state index contributed by atoms with van der Waals surface area (Å²) in [5, 5.41) is 3.86. The first-order chi connectivity index (χ1) is 13.2. The number of carbonyl (C=O) groups excluding carboxylic acids is 1. The van der Waals surface area contributed by atoms with Crippen LogP contribution < -0.4 is 14.8 Å². The second-order valence-corrected chi connectivity index (χ2v) is 7.06. The number of aryl methyl sites for hydroxylation is 1. The molecule has 2 aliphatic rings. The van der Waals surface area contributed by atoms with Gasteiger partial charge >= 0.3 is 0 Å². The molecule has 1 amide bonds. The number of aromatic nitrogens is 1. The van der Waals surface area contributed by atoms with E-state index in [1.54, 1.807) is 18.2 Å². The number of halogens is 1. The highest BCUT2D eigenvalue weighted by Gasteiger charge is 2.28. The molecule has 0 bridgehead atoms. The molecule has 0 saturated carbocycles. The van der Waals surface area contributed by atoms with E-state index in [-0.39, 0.29) is 17.6 Å². The first kappa shape index (κ1) is 16.2. The third kappa shape index (κ3) is 2.91. The van der Waals surface area contributed by atoms with Gasteiger partial charge in [-0.3, -0.25) is 4.79 Å². The van der Waals surface area contributed by atoms with E-state index < -0.39 is 0 Å². The standard InChI is InChI=1S/C21H19FN2O3/c22-13-2-5-18-16(10-13)15-9-12(1-4-17(15)24-18)21(25)23-14-3-6-19-20(11-14)27-8-7-26-19/h2-3,5-6,10-12,24H,1,4,7-9H2,(H,23,25). The first-order valence-corrected chi connectivity index (χ1v) is 9.17. The lowest BCUT2D eigenvalue weighted by molar-refractivity contribution is -0.120. The molecule has 27 heavy (non-hydrogen) atoms. The van der Waals surface area contributed by atoms with Gasteiger partial charge in [-0.25, -0.2) is 4.39 Å². The maximum Gasteiger partial charge on any atom is 0.227 e. The second kappa shape index (κ2) is 6.30. The monoisotopic (exact) mass is 366 g/mol. The summed E-state index contributed by atoms with van der Waals surface area (Å²) in [5.41, 5.74) is 3.78. The van der Waals surface area contributed by atoms with Gasteiger partial charge in [0.15, 0.2) is 11.5 Å². The molecule has 0 radical (unpaired) electrons. The van der Waals surface area contributed by atoms with Gasteiger partial charge in [-0.05, 0) is 55.2 Å². The minimum absolute atomic E-state index is 0.0249. The second-order valence-electron chi connectivity index (χ2n) is 7.06. The van der Waals surface area contributed by atoms with Gasteiger partial charge in [-0.1, -0.05) is 0 Å². The van der Waals surface area contributed by atoms with Crippen molar-refractivity contribution in [3.63, 3.8) is 0 Å². The van der Waals surface area contributed by atoms with Crippen LogP contribution in [0.25, 0.3) is 10.9 Å². The van der Waals surface area contributed by atoms with Crippen LogP contribution in [0.3, 0.4) is 0 Å². The molecule has 3 aromatic rings. The van der Waals surface area contributed by atoms with E-state index in [1.165, 1.54) is 6.07 Å². The number of benzene rings is 2. The van der Waals surface area contributed by atoms with E-state index in [4.69, 9.17) is 9.47 Å². The smallest absolute Gasteiger partial charge is 0.227 e. The Labute approximate surface area is 155 Å². The lowest BCUT2D eigenvalue weighted by Gasteiger charge is -2.23. The van der Waals surface area contributed by atoms with Crippen molar-refractivity contribution in [1.82, 2.24) is 4.98 Å². The molecule has 5 nitrogen and oxygen atoms in total. The molecule has 138 valence electrons. The van der Waals surface area contributed by atoms with Crippen LogP contribution in [0.5, 0.6) is 11.5 Å². The van der Waals surface area contributed by atoms with Gasteiger partial charge in [-0.15, -0.1) is 0 Å². The molecule has 2 aromatic carbocycles. The molecule has 1 aliphatic heterocycles. The number of amides is 1. The van der Waals surface area contributed by atoms with Gasteiger partial charge in [0.25, 0.3) is 0 Å². The van der Waals surface area contributed by atoms with Gasteiger partial charge < -0.3 is 19.8 Å². The zero-order valence-corrected chi connectivity index (χ0v) is 14.7. The van der Waals surface area contributed by atoms with Crippen LogP contribution in [-0.2, 0) is 17.6 Å². The quantitative estimate of drug-likeness (QED) is 0.725. The number of anilines is 1. The van der Waals surface area contributed by atoms with Gasteiger partial charge in [0.1, 0.15) is 19.0 Å². The van der Waals surface area contributed by atoms with Crippen LogP contribution >= 0.6 is 0 Å². The lowest BCUT2D eigenvalue weighted by Crippen LogP contribution is -2.28. The van der Waals surface area contributed by atoms with Crippen molar-refractivity contribution in [2.45, 2.75) is 19.3 Å². The van der Waals surface area contributed by atoms with Crippen molar-refractivity contribution in [3.8, 4) is 11.5 Å². The van der Waals surface area contributed by atoms with E-state index >= 15 is 0 Å². The Hall–Kier alpha value is -3.02. The molecular weight excluding hydrogens is 347 g/mol. The summed E-state index contributed by atoms with van der Waals surface area (Å²) in [6.07, 6.45) is 2.15. The Morgan fingerprint density at radius 1 is 1.11 bits per heavy atom. The third-order valence-corrected chi connectivity index (χ3v) is 5.33. The van der Waals surface area contributed by atoms with E-state index in [1.807, 2.05) is 12.1 Å². The zero-order valence-electron chi connectivity index (χ0n) is 14.7. The van der Waals surface area contributed by atoms with Crippen LogP contribution in [0.15, 0.2) is 36.4 Å². The molecule has 1 aromatic heterocycles. The predicted molar refractivity (Wildman–Crippen MR) is 99.8 cm³/mol. The zero-order chi connectivity index (χ0) is 18.4. The molecule has 1 atom stereocenters. The van der Waals surface area contributed by atoms with Crippen molar-refractivity contribution in [1.29, 1.82) is 0 Å². The number of hydrogen-bond acceptors (Lipinski definition) is 3. The third-order valence-electron chi connectivity index (χ3n) is 5.33. The largest absolute Gasteiger partial charge is 0.486 e. The van der Waals surface area contributed by atoms with Crippen LogP contribution in [0.2, 0.25) is 0 Å². The van der Waals surface area contributed by atoms with Crippen molar-refractivity contribution in [3.05, 3.63) is 53.5 Å². The summed E-state index contributed by atoms with van der Waals surface area (Å²) < 4.78 is 24.7. The minimum Gasteiger partial charge on any atom is -0.486 e. The van der Waals surface area contributed by atoms with Crippen LogP contribution in [-0.4, -0.2) is 24.1 Å². The first-order valence-electron chi connectivity index (χ1n) is 9.17. The molecule has 2 N–H and O–H groups in total. The summed E-state index contributed by atoms with van der Waals surface area (Å²) in [7, 11) is 0. The highest BCUT2D eigenvalue weighted by Crippen LogP contribution is 2.35. The molecule has 0 fully saturated rings. The number of nitrogens with one attached hydrogen (secondary N) is 2. The predicted octanol–water partition coefficient (Wildman–Crippen LogP) is 3.82. The molecule has 0 spiro atoms. The summed E-state index contributed by atoms with van der Waals surface area (Å²) in [6.45, 7) is 1.04.